The molecule has 0 fully saturated rings. The van der Waals surface area contributed by atoms with Gasteiger partial charge in [-0.2, -0.15) is 0 Å². The van der Waals surface area contributed by atoms with E-state index in [0.29, 0.717) is 18.5 Å². The second kappa shape index (κ2) is 7.34. The Morgan fingerprint density at radius 3 is 2.36 bits per heavy atom. The molecule has 3 aromatic rings. The SMILES string of the molecule is COc1ccc(N(C)CCC(=O)c2ccc(F)cc2)c2ccccc12. The number of carbonyl (C=O) groups is 1. The molecule has 0 aliphatic heterocycles. The molecule has 25 heavy (non-hydrogen) atoms. The molecule has 0 N–H and O–H groups in total. The van der Waals surface area contributed by atoms with E-state index in [1.165, 1.54) is 24.3 Å². The smallest absolute Gasteiger partial charge is 0.164 e. The summed E-state index contributed by atoms with van der Waals surface area (Å²) < 4.78 is 18.4. The maximum atomic E-state index is 13.0. The molecule has 3 aromatic carbocycles. The predicted molar refractivity (Wildman–Crippen MR) is 99.1 cm³/mol. The van der Waals surface area contributed by atoms with Crippen molar-refractivity contribution < 1.29 is 13.9 Å². The lowest BCUT2D eigenvalue weighted by Crippen LogP contribution is -2.21. The number of halogens is 1. The van der Waals surface area contributed by atoms with Gasteiger partial charge >= 0.3 is 0 Å². The first-order valence-corrected chi connectivity index (χ1v) is 8.16. The molecule has 0 aliphatic carbocycles. The largest absolute Gasteiger partial charge is 0.496 e. The second-order valence-corrected chi connectivity index (χ2v) is 5.93. The summed E-state index contributed by atoms with van der Waals surface area (Å²) in [6.45, 7) is 0.576. The van der Waals surface area contributed by atoms with E-state index in [9.17, 15) is 9.18 Å². The van der Waals surface area contributed by atoms with E-state index in [0.717, 1.165) is 22.2 Å². The second-order valence-electron chi connectivity index (χ2n) is 5.93. The molecule has 0 aromatic heterocycles. The van der Waals surface area contributed by atoms with Crippen LogP contribution in [0.25, 0.3) is 10.8 Å². The van der Waals surface area contributed by atoms with E-state index >= 15 is 0 Å². The fourth-order valence-corrected chi connectivity index (χ4v) is 2.94. The zero-order valence-electron chi connectivity index (χ0n) is 14.3. The van der Waals surface area contributed by atoms with Crippen molar-refractivity contribution in [2.75, 3.05) is 25.6 Å². The summed E-state index contributed by atoms with van der Waals surface area (Å²) >= 11 is 0. The van der Waals surface area contributed by atoms with Crippen molar-refractivity contribution in [1.29, 1.82) is 0 Å². The maximum absolute atomic E-state index is 13.0. The molecular formula is C21H20FNO2. The molecule has 128 valence electrons. The minimum absolute atomic E-state index is 0.00432. The third kappa shape index (κ3) is 3.63. The number of benzene rings is 3. The summed E-state index contributed by atoms with van der Waals surface area (Å²) in [6.07, 6.45) is 0.364. The molecule has 0 unspecified atom stereocenters. The van der Waals surface area contributed by atoms with Gasteiger partial charge < -0.3 is 9.64 Å². The Morgan fingerprint density at radius 1 is 1.00 bits per heavy atom. The average molecular weight is 337 g/mol. The summed E-state index contributed by atoms with van der Waals surface area (Å²) in [5.41, 5.74) is 1.58. The molecule has 0 spiro atoms. The van der Waals surface area contributed by atoms with Gasteiger partial charge in [0.25, 0.3) is 0 Å². The molecular weight excluding hydrogens is 317 g/mol. The number of methoxy groups -OCH3 is 1. The number of rotatable bonds is 6. The minimum atomic E-state index is -0.335. The maximum Gasteiger partial charge on any atom is 0.164 e. The van der Waals surface area contributed by atoms with Gasteiger partial charge in [-0.1, -0.05) is 24.3 Å². The molecule has 4 heteroatoms. The van der Waals surface area contributed by atoms with Crippen LogP contribution in [0, 0.1) is 5.82 Å². The topological polar surface area (TPSA) is 29.5 Å². The Bertz CT molecular complexity index is 890. The van der Waals surface area contributed by atoms with Crippen LogP contribution in [0.5, 0.6) is 5.75 Å². The zero-order valence-corrected chi connectivity index (χ0v) is 14.3. The normalized spacial score (nSPS) is 10.7. The van der Waals surface area contributed by atoms with Gasteiger partial charge in [0.05, 0.1) is 7.11 Å². The van der Waals surface area contributed by atoms with Crippen LogP contribution in [0.15, 0.2) is 60.7 Å². The lowest BCUT2D eigenvalue weighted by atomic mass is 10.1. The third-order valence-corrected chi connectivity index (χ3v) is 4.33. The van der Waals surface area contributed by atoms with Gasteiger partial charge in [-0.25, -0.2) is 4.39 Å². The third-order valence-electron chi connectivity index (χ3n) is 4.33. The van der Waals surface area contributed by atoms with E-state index in [1.54, 1.807) is 7.11 Å². The fourth-order valence-electron chi connectivity index (χ4n) is 2.94. The van der Waals surface area contributed by atoms with E-state index < -0.39 is 0 Å². The lowest BCUT2D eigenvalue weighted by Gasteiger charge is -2.22. The number of Topliss-reactive ketones (excluding diaryl/α,β-unsaturated/α-hetero) is 1. The van der Waals surface area contributed by atoms with Crippen LogP contribution in [0.1, 0.15) is 16.8 Å². The van der Waals surface area contributed by atoms with Crippen LogP contribution < -0.4 is 9.64 Å². The molecule has 3 nitrogen and oxygen atoms in total. The van der Waals surface area contributed by atoms with Gasteiger partial charge in [-0.15, -0.1) is 0 Å². The summed E-state index contributed by atoms with van der Waals surface area (Å²) in [7, 11) is 3.62. The van der Waals surface area contributed by atoms with Gasteiger partial charge in [0.1, 0.15) is 11.6 Å². The molecule has 0 bridgehead atoms. The highest BCUT2D eigenvalue weighted by Crippen LogP contribution is 2.33. The zero-order chi connectivity index (χ0) is 17.8. The first-order valence-electron chi connectivity index (χ1n) is 8.16. The van der Waals surface area contributed by atoms with Crippen molar-refractivity contribution in [1.82, 2.24) is 0 Å². The lowest BCUT2D eigenvalue weighted by molar-refractivity contribution is 0.0985. The summed E-state index contributed by atoms with van der Waals surface area (Å²) in [6, 6.07) is 17.7. The number of ketones is 1. The van der Waals surface area contributed by atoms with Crippen LogP contribution in [-0.4, -0.2) is 26.5 Å². The van der Waals surface area contributed by atoms with Gasteiger partial charge in [0.2, 0.25) is 0 Å². The van der Waals surface area contributed by atoms with E-state index in [1.807, 2.05) is 43.4 Å². The van der Waals surface area contributed by atoms with Crippen LogP contribution in [0.3, 0.4) is 0 Å². The Balaban J connectivity index is 1.77. The van der Waals surface area contributed by atoms with Gasteiger partial charge in [0.15, 0.2) is 5.78 Å². The van der Waals surface area contributed by atoms with Crippen molar-refractivity contribution in [2.45, 2.75) is 6.42 Å². The Morgan fingerprint density at radius 2 is 1.68 bits per heavy atom. The van der Waals surface area contributed by atoms with Crippen molar-refractivity contribution in [2.24, 2.45) is 0 Å². The standard InChI is InChI=1S/C21H20FNO2/c1-23(14-13-20(24)15-7-9-16(22)10-8-15)19-11-12-21(25-2)18-6-4-3-5-17(18)19/h3-12H,13-14H2,1-2H3. The molecule has 0 saturated carbocycles. The predicted octanol–water partition coefficient (Wildman–Crippen LogP) is 4.70. The number of hydrogen-bond donors (Lipinski definition) is 0. The summed E-state index contributed by atoms with van der Waals surface area (Å²) in [5.74, 6) is 0.498. The van der Waals surface area contributed by atoms with E-state index in [4.69, 9.17) is 4.74 Å². The highest BCUT2D eigenvalue weighted by atomic mass is 19.1. The number of fused-ring (bicyclic) bond motifs is 1. The fraction of sp³-hybridized carbons (Fsp3) is 0.190. The Hall–Kier alpha value is -2.88. The molecule has 0 radical (unpaired) electrons. The molecule has 0 atom stereocenters. The molecule has 0 amide bonds. The number of nitrogens with zero attached hydrogens (tertiary/aromatic N) is 1. The quantitative estimate of drug-likeness (QED) is 0.611. The first kappa shape index (κ1) is 17.0. The van der Waals surface area contributed by atoms with E-state index in [2.05, 4.69) is 4.90 Å². The highest BCUT2D eigenvalue weighted by Gasteiger charge is 2.12. The number of ether oxygens (including phenoxy) is 1. The molecule has 0 heterocycles. The van der Waals surface area contributed by atoms with E-state index in [-0.39, 0.29) is 11.6 Å². The van der Waals surface area contributed by atoms with Crippen molar-refractivity contribution in [3.8, 4) is 5.75 Å². The van der Waals surface area contributed by atoms with Crippen molar-refractivity contribution >= 4 is 22.2 Å². The van der Waals surface area contributed by atoms with Crippen molar-refractivity contribution in [3.63, 3.8) is 0 Å². The Kier molecular flexibility index (Phi) is 4.98. The van der Waals surface area contributed by atoms with Crippen LogP contribution in [0.2, 0.25) is 0 Å². The van der Waals surface area contributed by atoms with Gasteiger partial charge in [-0.05, 0) is 36.4 Å². The van der Waals surface area contributed by atoms with Gasteiger partial charge in [-0.3, -0.25) is 4.79 Å². The monoisotopic (exact) mass is 337 g/mol. The summed E-state index contributed by atoms with van der Waals surface area (Å²) in [4.78, 5) is 14.3. The van der Waals surface area contributed by atoms with Gasteiger partial charge in [0, 0.05) is 42.0 Å². The van der Waals surface area contributed by atoms with Crippen LogP contribution >= 0.6 is 0 Å². The first-order chi connectivity index (χ1) is 12.1. The van der Waals surface area contributed by atoms with Crippen LogP contribution in [-0.2, 0) is 0 Å². The number of carbonyl (C=O) groups excluding carboxylic acids is 1. The minimum Gasteiger partial charge on any atom is -0.496 e. The average Bonchev–Trinajstić information content (AvgIpc) is 2.65. The summed E-state index contributed by atoms with van der Waals surface area (Å²) in [5, 5.41) is 2.12. The number of hydrogen-bond acceptors (Lipinski definition) is 3. The van der Waals surface area contributed by atoms with Crippen molar-refractivity contribution in [3.05, 3.63) is 72.0 Å². The highest BCUT2D eigenvalue weighted by molar-refractivity contribution is 5.99. The molecule has 3 rings (SSSR count). The molecule has 0 saturated heterocycles. The Labute approximate surface area is 146 Å². The number of anilines is 1. The molecule has 0 aliphatic rings. The van der Waals surface area contributed by atoms with Crippen LogP contribution in [0.4, 0.5) is 10.1 Å².